The number of nitrogens with one attached hydrogen (secondary N) is 2. The van der Waals surface area contributed by atoms with Crippen molar-refractivity contribution in [3.05, 3.63) is 51.2 Å². The van der Waals surface area contributed by atoms with Crippen LogP contribution >= 0.6 is 22.9 Å². The molecule has 0 bridgehead atoms. The minimum Gasteiger partial charge on any atom is -0.349 e. The van der Waals surface area contributed by atoms with Crippen LogP contribution in [0, 0.1) is 5.92 Å². The van der Waals surface area contributed by atoms with E-state index in [-0.39, 0.29) is 17.9 Å². The predicted molar refractivity (Wildman–Crippen MR) is 95.5 cm³/mol. The van der Waals surface area contributed by atoms with Crippen molar-refractivity contribution in [2.24, 2.45) is 5.92 Å². The Morgan fingerprint density at radius 2 is 1.87 bits per heavy atom. The maximum Gasteiger partial charge on any atom is 0.265 e. The zero-order chi connectivity index (χ0) is 17.0. The molecule has 0 saturated carbocycles. The lowest BCUT2D eigenvalue weighted by Gasteiger charge is -2.18. The third-order valence-electron chi connectivity index (χ3n) is 3.58. The maximum atomic E-state index is 12.3. The highest BCUT2D eigenvalue weighted by Gasteiger charge is 2.15. The van der Waals surface area contributed by atoms with Crippen LogP contribution in [0.15, 0.2) is 35.7 Å². The topological polar surface area (TPSA) is 58.2 Å². The Kier molecular flexibility index (Phi) is 5.80. The fourth-order valence-corrected chi connectivity index (χ4v) is 2.59. The lowest BCUT2D eigenvalue weighted by molar-refractivity contribution is 0.0929. The van der Waals surface area contributed by atoms with E-state index in [9.17, 15) is 9.59 Å². The number of carbonyl (C=O) groups excluding carboxylic acids is 2. The van der Waals surface area contributed by atoms with E-state index in [1.165, 1.54) is 11.3 Å². The molecule has 0 aliphatic rings. The van der Waals surface area contributed by atoms with Crippen LogP contribution in [0.3, 0.4) is 0 Å². The number of hydrogen-bond acceptors (Lipinski definition) is 3. The first-order valence-corrected chi connectivity index (χ1v) is 8.59. The van der Waals surface area contributed by atoms with Crippen LogP contribution in [0.2, 0.25) is 5.02 Å². The van der Waals surface area contributed by atoms with Crippen molar-refractivity contribution in [2.75, 3.05) is 5.32 Å². The maximum absolute atomic E-state index is 12.3. The molecule has 2 rings (SSSR count). The average molecular weight is 351 g/mol. The fourth-order valence-electron chi connectivity index (χ4n) is 1.81. The number of hydrogen-bond donors (Lipinski definition) is 2. The van der Waals surface area contributed by atoms with Crippen molar-refractivity contribution in [2.45, 2.75) is 26.8 Å². The molecule has 2 aromatic rings. The molecule has 0 spiro atoms. The molecule has 0 saturated heterocycles. The number of rotatable bonds is 5. The van der Waals surface area contributed by atoms with Crippen molar-refractivity contribution in [3.63, 3.8) is 0 Å². The number of thiophene rings is 1. The number of amides is 2. The number of benzene rings is 1. The summed E-state index contributed by atoms with van der Waals surface area (Å²) in [5, 5.41) is 7.89. The SMILES string of the molecule is CC(C)C(C)NC(=O)c1ccc(Cl)c(NC(=O)c2cccs2)c1. The van der Waals surface area contributed by atoms with E-state index >= 15 is 0 Å². The molecule has 1 atom stereocenters. The molecule has 122 valence electrons. The van der Waals surface area contributed by atoms with E-state index in [0.717, 1.165) is 0 Å². The second-order valence-electron chi connectivity index (χ2n) is 5.63. The minimum absolute atomic E-state index is 0.0577. The summed E-state index contributed by atoms with van der Waals surface area (Å²) in [6, 6.07) is 8.44. The summed E-state index contributed by atoms with van der Waals surface area (Å²) in [7, 11) is 0. The molecular formula is C17H19ClN2O2S. The second-order valence-corrected chi connectivity index (χ2v) is 6.99. The third-order valence-corrected chi connectivity index (χ3v) is 4.78. The molecule has 0 radical (unpaired) electrons. The summed E-state index contributed by atoms with van der Waals surface area (Å²) in [4.78, 5) is 25.0. The fraction of sp³-hybridized carbons (Fsp3) is 0.294. The van der Waals surface area contributed by atoms with Gasteiger partial charge in [-0.1, -0.05) is 31.5 Å². The Bertz CT molecular complexity index is 699. The van der Waals surface area contributed by atoms with Gasteiger partial charge in [0.25, 0.3) is 11.8 Å². The van der Waals surface area contributed by atoms with Gasteiger partial charge in [-0.2, -0.15) is 0 Å². The van der Waals surface area contributed by atoms with E-state index in [0.29, 0.717) is 27.1 Å². The van der Waals surface area contributed by atoms with Crippen LogP contribution in [0.25, 0.3) is 0 Å². The van der Waals surface area contributed by atoms with Crippen molar-refractivity contribution in [3.8, 4) is 0 Å². The zero-order valence-corrected chi connectivity index (χ0v) is 14.8. The lowest BCUT2D eigenvalue weighted by Crippen LogP contribution is -2.36. The first-order valence-electron chi connectivity index (χ1n) is 7.33. The van der Waals surface area contributed by atoms with Crippen LogP contribution in [-0.2, 0) is 0 Å². The number of anilines is 1. The number of carbonyl (C=O) groups is 2. The standard InChI is InChI=1S/C17H19ClN2O2S/c1-10(2)11(3)19-16(21)12-6-7-13(18)14(9-12)20-17(22)15-5-4-8-23-15/h4-11H,1-3H3,(H,19,21)(H,20,22). The normalized spacial score (nSPS) is 12.0. The Morgan fingerprint density at radius 1 is 1.13 bits per heavy atom. The van der Waals surface area contributed by atoms with Gasteiger partial charge >= 0.3 is 0 Å². The largest absolute Gasteiger partial charge is 0.349 e. The van der Waals surface area contributed by atoms with E-state index < -0.39 is 0 Å². The van der Waals surface area contributed by atoms with Gasteiger partial charge in [-0.05, 0) is 42.5 Å². The van der Waals surface area contributed by atoms with Crippen molar-refractivity contribution in [1.82, 2.24) is 5.32 Å². The Morgan fingerprint density at radius 3 is 2.48 bits per heavy atom. The molecule has 1 heterocycles. The molecule has 0 aliphatic heterocycles. The molecule has 23 heavy (non-hydrogen) atoms. The van der Waals surface area contributed by atoms with Crippen LogP contribution in [0.4, 0.5) is 5.69 Å². The second kappa shape index (κ2) is 7.62. The van der Waals surface area contributed by atoms with Crippen molar-refractivity contribution >= 4 is 40.4 Å². The lowest BCUT2D eigenvalue weighted by atomic mass is 10.1. The van der Waals surface area contributed by atoms with E-state index in [1.807, 2.05) is 26.2 Å². The van der Waals surface area contributed by atoms with Gasteiger partial charge in [-0.3, -0.25) is 9.59 Å². The smallest absolute Gasteiger partial charge is 0.265 e. The molecule has 0 aliphatic carbocycles. The summed E-state index contributed by atoms with van der Waals surface area (Å²) >= 11 is 7.46. The van der Waals surface area contributed by atoms with Crippen LogP contribution in [-0.4, -0.2) is 17.9 Å². The monoisotopic (exact) mass is 350 g/mol. The summed E-state index contributed by atoms with van der Waals surface area (Å²) in [6.07, 6.45) is 0. The summed E-state index contributed by atoms with van der Waals surface area (Å²) in [6.45, 7) is 6.04. The van der Waals surface area contributed by atoms with Crippen molar-refractivity contribution in [1.29, 1.82) is 0 Å². The van der Waals surface area contributed by atoms with Crippen LogP contribution in [0.1, 0.15) is 40.8 Å². The van der Waals surface area contributed by atoms with Gasteiger partial charge in [-0.25, -0.2) is 0 Å². The first kappa shape index (κ1) is 17.5. The average Bonchev–Trinajstić information content (AvgIpc) is 3.03. The first-order chi connectivity index (χ1) is 10.9. The van der Waals surface area contributed by atoms with Crippen LogP contribution in [0.5, 0.6) is 0 Å². The highest BCUT2D eigenvalue weighted by atomic mass is 35.5. The summed E-state index contributed by atoms with van der Waals surface area (Å²) < 4.78 is 0. The molecule has 1 unspecified atom stereocenters. The van der Waals surface area contributed by atoms with E-state index in [4.69, 9.17) is 11.6 Å². The highest BCUT2D eigenvalue weighted by molar-refractivity contribution is 7.12. The molecule has 6 heteroatoms. The Balaban J connectivity index is 2.15. The molecule has 1 aromatic carbocycles. The van der Waals surface area contributed by atoms with Gasteiger partial charge in [0.2, 0.25) is 0 Å². The molecule has 1 aromatic heterocycles. The van der Waals surface area contributed by atoms with Gasteiger partial charge in [0.05, 0.1) is 15.6 Å². The molecule has 0 fully saturated rings. The van der Waals surface area contributed by atoms with Crippen molar-refractivity contribution < 1.29 is 9.59 Å². The third kappa shape index (κ3) is 4.56. The molecule has 2 N–H and O–H groups in total. The summed E-state index contributed by atoms with van der Waals surface area (Å²) in [5.74, 6) is -0.0891. The van der Waals surface area contributed by atoms with Gasteiger partial charge in [-0.15, -0.1) is 11.3 Å². The zero-order valence-electron chi connectivity index (χ0n) is 13.2. The quantitative estimate of drug-likeness (QED) is 0.838. The van der Waals surface area contributed by atoms with Gasteiger partial charge in [0.15, 0.2) is 0 Å². The molecule has 2 amide bonds. The van der Waals surface area contributed by atoms with Gasteiger partial charge < -0.3 is 10.6 Å². The van der Waals surface area contributed by atoms with E-state index in [1.54, 1.807) is 30.3 Å². The summed E-state index contributed by atoms with van der Waals surface area (Å²) in [5.41, 5.74) is 0.887. The molecule has 4 nitrogen and oxygen atoms in total. The highest BCUT2D eigenvalue weighted by Crippen LogP contribution is 2.24. The van der Waals surface area contributed by atoms with Crippen LogP contribution < -0.4 is 10.6 Å². The molecular weight excluding hydrogens is 332 g/mol. The Labute approximate surface area is 144 Å². The predicted octanol–water partition coefficient (Wildman–Crippen LogP) is 4.43. The number of halogens is 1. The minimum atomic E-state index is -0.241. The van der Waals surface area contributed by atoms with Gasteiger partial charge in [0, 0.05) is 11.6 Å². The Hall–Kier alpha value is -1.85. The van der Waals surface area contributed by atoms with Gasteiger partial charge in [0.1, 0.15) is 0 Å². The van der Waals surface area contributed by atoms with E-state index in [2.05, 4.69) is 10.6 Å².